The molecule has 1 heterocycles. The monoisotopic (exact) mass is 433 g/mol. The molecule has 2 N–H and O–H groups in total. The molecule has 0 aliphatic rings. The van der Waals surface area contributed by atoms with Crippen molar-refractivity contribution in [3.63, 3.8) is 0 Å². The lowest BCUT2D eigenvalue weighted by atomic mass is 10.1. The predicted octanol–water partition coefficient (Wildman–Crippen LogP) is 3.46. The van der Waals surface area contributed by atoms with E-state index in [1.54, 1.807) is 30.5 Å². The number of nitrogens with one attached hydrogen (secondary N) is 2. The molecule has 2 rings (SSSR count). The number of carbonyl (C=O) groups excluding carboxylic acids is 2. The van der Waals surface area contributed by atoms with Gasteiger partial charge in [-0.25, -0.2) is 4.98 Å². The zero-order valence-electron chi connectivity index (χ0n) is 17.6. The minimum Gasteiger partial charge on any atom is -0.490 e. The fraction of sp³-hybridized carbons (Fsp3) is 0.381. The van der Waals surface area contributed by atoms with Gasteiger partial charge in [-0.3, -0.25) is 20.4 Å². The lowest BCUT2D eigenvalue weighted by molar-refractivity contribution is 0.0846. The summed E-state index contributed by atoms with van der Waals surface area (Å²) in [5.74, 6) is 1.14. The van der Waals surface area contributed by atoms with Crippen LogP contribution in [0.25, 0.3) is 0 Å². The zero-order valence-corrected chi connectivity index (χ0v) is 18.4. The highest BCUT2D eigenvalue weighted by molar-refractivity contribution is 7.99. The molecular formula is C21H27N3O5S. The van der Waals surface area contributed by atoms with Crippen LogP contribution in [-0.4, -0.2) is 42.4 Å². The van der Waals surface area contributed by atoms with Gasteiger partial charge in [0.1, 0.15) is 0 Å². The minimum absolute atomic E-state index is 0.266. The molecule has 0 saturated carbocycles. The third kappa shape index (κ3) is 6.28. The van der Waals surface area contributed by atoms with Crippen LogP contribution < -0.4 is 25.1 Å². The van der Waals surface area contributed by atoms with Crippen LogP contribution in [0.15, 0.2) is 35.5 Å². The molecule has 1 aromatic carbocycles. The molecule has 162 valence electrons. The van der Waals surface area contributed by atoms with Crippen LogP contribution in [0.1, 0.15) is 48.4 Å². The number of amides is 2. The normalized spacial score (nSPS) is 10.3. The molecule has 8 nitrogen and oxygen atoms in total. The minimum atomic E-state index is -0.509. The second kappa shape index (κ2) is 11.9. The van der Waals surface area contributed by atoms with Gasteiger partial charge in [-0.05, 0) is 50.8 Å². The first kappa shape index (κ1) is 23.3. The Labute approximate surface area is 180 Å². The molecule has 2 aromatic rings. The average molecular weight is 434 g/mol. The predicted molar refractivity (Wildman–Crippen MR) is 116 cm³/mol. The van der Waals surface area contributed by atoms with Gasteiger partial charge in [0.25, 0.3) is 11.8 Å². The summed E-state index contributed by atoms with van der Waals surface area (Å²) in [5, 5.41) is 0.741. The van der Waals surface area contributed by atoms with Crippen LogP contribution >= 0.6 is 11.8 Å². The molecule has 2 amide bonds. The Balaban J connectivity index is 2.17. The van der Waals surface area contributed by atoms with E-state index >= 15 is 0 Å². The van der Waals surface area contributed by atoms with Gasteiger partial charge in [-0.15, -0.1) is 11.8 Å². The van der Waals surface area contributed by atoms with Gasteiger partial charge in [0.2, 0.25) is 5.75 Å². The van der Waals surface area contributed by atoms with Crippen LogP contribution in [0.5, 0.6) is 17.2 Å². The topological polar surface area (TPSA) is 98.8 Å². The molecule has 0 radical (unpaired) electrons. The van der Waals surface area contributed by atoms with Gasteiger partial charge in [-0.1, -0.05) is 6.92 Å². The average Bonchev–Trinajstić information content (AvgIpc) is 2.74. The third-order valence-corrected chi connectivity index (χ3v) is 4.56. The van der Waals surface area contributed by atoms with Crippen molar-refractivity contribution in [1.82, 2.24) is 15.8 Å². The van der Waals surface area contributed by atoms with E-state index in [1.165, 1.54) is 11.8 Å². The highest BCUT2D eigenvalue weighted by Crippen LogP contribution is 2.39. The Bertz CT molecular complexity index is 848. The molecule has 1 aromatic heterocycles. The molecule has 0 bridgehead atoms. The molecule has 9 heteroatoms. The van der Waals surface area contributed by atoms with Crippen LogP contribution in [-0.2, 0) is 0 Å². The highest BCUT2D eigenvalue weighted by Gasteiger charge is 2.19. The van der Waals surface area contributed by atoms with Gasteiger partial charge >= 0.3 is 0 Å². The van der Waals surface area contributed by atoms with Crippen molar-refractivity contribution >= 4 is 23.6 Å². The van der Waals surface area contributed by atoms with Crippen LogP contribution in [0.3, 0.4) is 0 Å². The summed E-state index contributed by atoms with van der Waals surface area (Å²) in [6, 6.07) is 6.37. The van der Waals surface area contributed by atoms with Crippen LogP contribution in [0, 0.1) is 0 Å². The number of ether oxygens (including phenoxy) is 3. The first-order chi connectivity index (χ1) is 14.5. The summed E-state index contributed by atoms with van der Waals surface area (Å²) in [6.45, 7) is 8.74. The largest absolute Gasteiger partial charge is 0.490 e. The molecule has 0 aliphatic heterocycles. The van der Waals surface area contributed by atoms with Gasteiger partial charge < -0.3 is 14.2 Å². The number of rotatable bonds is 10. The zero-order chi connectivity index (χ0) is 21.9. The highest BCUT2D eigenvalue weighted by atomic mass is 32.2. The summed E-state index contributed by atoms with van der Waals surface area (Å²) >= 11 is 1.53. The lowest BCUT2D eigenvalue weighted by Crippen LogP contribution is -2.41. The molecule has 0 saturated heterocycles. The van der Waals surface area contributed by atoms with Crippen LogP contribution in [0.4, 0.5) is 0 Å². The SMILES string of the molecule is CCOc1cc(C(=O)NNC(=O)c2ccnc(SCC)c2)cc(OCC)c1OCC. The molecule has 0 fully saturated rings. The summed E-state index contributed by atoms with van der Waals surface area (Å²) in [7, 11) is 0. The van der Waals surface area contributed by atoms with Crippen molar-refractivity contribution in [3.8, 4) is 17.2 Å². The maximum Gasteiger partial charge on any atom is 0.269 e. The Morgan fingerprint density at radius 3 is 1.97 bits per heavy atom. The number of aromatic nitrogens is 1. The molecular weight excluding hydrogens is 406 g/mol. The van der Waals surface area contributed by atoms with E-state index < -0.39 is 11.8 Å². The maximum absolute atomic E-state index is 12.6. The van der Waals surface area contributed by atoms with E-state index in [4.69, 9.17) is 14.2 Å². The molecule has 0 spiro atoms. The van der Waals surface area contributed by atoms with Gasteiger partial charge in [0, 0.05) is 17.3 Å². The summed E-state index contributed by atoms with van der Waals surface area (Å²) in [5.41, 5.74) is 5.51. The quantitative estimate of drug-likeness (QED) is 0.437. The molecule has 0 aliphatic carbocycles. The lowest BCUT2D eigenvalue weighted by Gasteiger charge is -2.17. The number of nitrogens with zero attached hydrogens (tertiary/aromatic N) is 1. The van der Waals surface area contributed by atoms with E-state index in [-0.39, 0.29) is 5.56 Å². The van der Waals surface area contributed by atoms with Crippen molar-refractivity contribution in [1.29, 1.82) is 0 Å². The fourth-order valence-corrected chi connectivity index (χ4v) is 3.20. The molecule has 0 unspecified atom stereocenters. The van der Waals surface area contributed by atoms with Crippen molar-refractivity contribution in [3.05, 3.63) is 41.6 Å². The number of hydrogen-bond donors (Lipinski definition) is 2. The van der Waals surface area contributed by atoms with Crippen molar-refractivity contribution < 1.29 is 23.8 Å². The van der Waals surface area contributed by atoms with Crippen molar-refractivity contribution in [2.24, 2.45) is 0 Å². The van der Waals surface area contributed by atoms with E-state index in [1.807, 2.05) is 27.7 Å². The number of pyridine rings is 1. The Hall–Kier alpha value is -2.94. The first-order valence-corrected chi connectivity index (χ1v) is 10.8. The number of hydrazine groups is 1. The number of benzene rings is 1. The van der Waals surface area contributed by atoms with Gasteiger partial charge in [0.15, 0.2) is 11.5 Å². The number of hydrogen-bond acceptors (Lipinski definition) is 7. The Morgan fingerprint density at radius 2 is 1.43 bits per heavy atom. The Kier molecular flexibility index (Phi) is 9.27. The summed E-state index contributed by atoms with van der Waals surface area (Å²) in [4.78, 5) is 29.2. The first-order valence-electron chi connectivity index (χ1n) is 9.79. The van der Waals surface area contributed by atoms with E-state index in [0.29, 0.717) is 42.6 Å². The van der Waals surface area contributed by atoms with Gasteiger partial charge in [0.05, 0.1) is 24.8 Å². The summed E-state index contributed by atoms with van der Waals surface area (Å²) < 4.78 is 16.9. The third-order valence-electron chi connectivity index (χ3n) is 3.75. The summed E-state index contributed by atoms with van der Waals surface area (Å²) in [6.07, 6.45) is 1.56. The smallest absolute Gasteiger partial charge is 0.269 e. The fourth-order valence-electron chi connectivity index (χ4n) is 2.56. The van der Waals surface area contributed by atoms with Crippen molar-refractivity contribution in [2.75, 3.05) is 25.6 Å². The van der Waals surface area contributed by atoms with E-state index in [2.05, 4.69) is 15.8 Å². The van der Waals surface area contributed by atoms with Crippen molar-refractivity contribution in [2.45, 2.75) is 32.7 Å². The van der Waals surface area contributed by atoms with E-state index in [0.717, 1.165) is 10.8 Å². The number of thioether (sulfide) groups is 1. The van der Waals surface area contributed by atoms with E-state index in [9.17, 15) is 9.59 Å². The second-order valence-electron chi connectivity index (χ2n) is 5.82. The maximum atomic E-state index is 12.6. The Morgan fingerprint density at radius 1 is 0.867 bits per heavy atom. The molecule has 0 atom stereocenters. The van der Waals surface area contributed by atoms with Crippen LogP contribution in [0.2, 0.25) is 0 Å². The second-order valence-corrected chi connectivity index (χ2v) is 7.11. The van der Waals surface area contributed by atoms with Gasteiger partial charge in [-0.2, -0.15) is 0 Å². The number of carbonyl (C=O) groups is 2. The molecule has 30 heavy (non-hydrogen) atoms. The standard InChI is InChI=1S/C21H27N3O5S/c1-5-27-16-11-15(12-17(28-6-2)19(16)29-7-3)21(26)24-23-20(25)14-9-10-22-18(13-14)30-8-4/h9-13H,5-8H2,1-4H3,(H,23,25)(H,24,26).